The molecule has 0 aromatic rings. The predicted molar refractivity (Wildman–Crippen MR) is 40.9 cm³/mol. The first-order valence-corrected chi connectivity index (χ1v) is 4.78. The van der Waals surface area contributed by atoms with Crippen LogP contribution in [0.25, 0.3) is 0 Å². The molecule has 58 valence electrons. The summed E-state index contributed by atoms with van der Waals surface area (Å²) in [5.74, 6) is 0. The molecule has 1 saturated heterocycles. The van der Waals surface area contributed by atoms with Crippen LogP contribution in [0.5, 0.6) is 0 Å². The van der Waals surface area contributed by atoms with Crippen molar-refractivity contribution in [2.45, 2.75) is 30.7 Å². The Kier molecular flexibility index (Phi) is 17.7. The molecule has 1 heterocycles. The minimum atomic E-state index is 0. The van der Waals surface area contributed by atoms with Gasteiger partial charge in [0.05, 0.1) is 0 Å². The monoisotopic (exact) mass is 218 g/mol. The smallest absolute Gasteiger partial charge is 1.00 e. The van der Waals surface area contributed by atoms with Crippen LogP contribution in [0.15, 0.2) is 0 Å². The van der Waals surface area contributed by atoms with E-state index in [0.29, 0.717) is 0 Å². The molecule has 0 unspecified atom stereocenters. The second kappa shape index (κ2) is 12.8. The zero-order valence-corrected chi connectivity index (χ0v) is 9.74. The second-order valence-electron chi connectivity index (χ2n) is 2.17. The molecule has 0 radical (unpaired) electrons. The van der Waals surface area contributed by atoms with E-state index in [2.05, 4.69) is 6.92 Å². The third-order valence-corrected chi connectivity index (χ3v) is 1.89. The summed E-state index contributed by atoms with van der Waals surface area (Å²) in [6.45, 7) is 4.19. The van der Waals surface area contributed by atoms with Crippen molar-refractivity contribution < 1.29 is 21.7 Å². The Morgan fingerprint density at radius 2 is 1.70 bits per heavy atom. The van der Waals surface area contributed by atoms with Crippen molar-refractivity contribution in [1.82, 2.24) is 0 Å². The fraction of sp³-hybridized carbons (Fsp3) is 1.00. The molecule has 1 aliphatic heterocycles. The number of hydrogen-bond acceptors (Lipinski definition) is 1. The summed E-state index contributed by atoms with van der Waals surface area (Å²) >= 11 is 2.02. The average Bonchev–Trinajstić information content (AvgIpc) is 2.43. The Bertz CT molecular complexity index is 39.3. The van der Waals surface area contributed by atoms with Crippen molar-refractivity contribution in [3.8, 4) is 0 Å². The first-order valence-electron chi connectivity index (χ1n) is 3.78. The molecule has 1 fully saturated rings. The van der Waals surface area contributed by atoms with E-state index in [1.54, 1.807) is 0 Å². The van der Waals surface area contributed by atoms with Gasteiger partial charge in [-0.1, -0.05) is 0 Å². The summed E-state index contributed by atoms with van der Waals surface area (Å²) in [6.07, 6.45) is 3.89. The van der Waals surface area contributed by atoms with E-state index < -0.39 is 0 Å². The molecule has 0 spiro atoms. The van der Waals surface area contributed by atoms with Crippen LogP contribution in [0, 0.1) is 0 Å². The molecule has 0 saturated carbocycles. The van der Waals surface area contributed by atoms with Gasteiger partial charge in [0.25, 0.3) is 0 Å². The van der Waals surface area contributed by atoms with Crippen LogP contribution in [0.2, 0.25) is 4.55 Å². The Morgan fingerprint density at radius 3 is 1.80 bits per heavy atom. The molecule has 0 aromatic heterocycles. The van der Waals surface area contributed by atoms with E-state index >= 15 is 0 Å². The predicted octanol–water partition coefficient (Wildman–Crippen LogP) is -1.22. The average molecular weight is 219 g/mol. The fourth-order valence-corrected chi connectivity index (χ4v) is 0.510. The van der Waals surface area contributed by atoms with Gasteiger partial charge in [0.2, 0.25) is 0 Å². The van der Waals surface area contributed by atoms with Crippen LogP contribution >= 0.6 is 0 Å². The Morgan fingerprint density at radius 1 is 1.30 bits per heavy atom. The molecule has 0 aromatic carbocycles. The third-order valence-electron chi connectivity index (χ3n) is 1.18. The fourth-order valence-electron chi connectivity index (χ4n) is 0.510. The molecule has 1 rings (SSSR count). The van der Waals surface area contributed by atoms with E-state index in [0.717, 1.165) is 13.2 Å². The molecule has 3 heteroatoms. The third kappa shape index (κ3) is 11.9. The zero-order valence-electron chi connectivity index (χ0n) is 6.74. The van der Waals surface area contributed by atoms with Crippen LogP contribution in [0.1, 0.15) is 26.2 Å². The van der Waals surface area contributed by atoms with Gasteiger partial charge in [-0.2, -0.15) is 0 Å². The van der Waals surface area contributed by atoms with Crippen molar-refractivity contribution in [2.24, 2.45) is 0 Å². The van der Waals surface area contributed by atoms with Crippen LogP contribution in [0.3, 0.4) is 0 Å². The molecule has 1 aliphatic rings. The van der Waals surface area contributed by atoms with Crippen LogP contribution in [-0.2, 0) is 4.74 Å². The quantitative estimate of drug-likeness (QED) is 0.503. The minimum Gasteiger partial charge on any atom is -1.00 e. The van der Waals surface area contributed by atoms with E-state index in [1.807, 2.05) is 21.7 Å². The Hall–Kier alpha value is 1.21. The van der Waals surface area contributed by atoms with Gasteiger partial charge in [0.1, 0.15) is 0 Å². The molecule has 0 N–H and O–H groups in total. The maximum Gasteiger partial charge on any atom is -1.00 e. The molecule has 0 bridgehead atoms. The Balaban J connectivity index is 0. The van der Waals surface area contributed by atoms with Gasteiger partial charge in [-0.15, -0.1) is 0 Å². The first-order chi connectivity index (χ1) is 4.41. The second-order valence-corrected chi connectivity index (χ2v) is 2.88. The van der Waals surface area contributed by atoms with E-state index in [9.17, 15) is 0 Å². The number of ether oxygens (including phenoxy) is 1. The summed E-state index contributed by atoms with van der Waals surface area (Å²) in [5.41, 5.74) is 0. The molecule has 0 aliphatic carbocycles. The maximum absolute atomic E-state index is 4.94. The van der Waals surface area contributed by atoms with E-state index in [-0.39, 0.29) is 17.0 Å². The molecule has 1 nitrogen and oxygen atoms in total. The zero-order chi connectivity index (χ0) is 6.95. The minimum absolute atomic E-state index is 0. The Labute approximate surface area is 87.1 Å². The first kappa shape index (κ1) is 13.8. The SMILES string of the molecule is C1CCOC1.CC[CH2][Mg+].[Br-]. The van der Waals surface area contributed by atoms with Gasteiger partial charge in [-0.3, -0.25) is 0 Å². The van der Waals surface area contributed by atoms with E-state index in [1.165, 1.54) is 23.8 Å². The van der Waals surface area contributed by atoms with Gasteiger partial charge >= 0.3 is 39.6 Å². The summed E-state index contributed by atoms with van der Waals surface area (Å²) in [6, 6.07) is 0. The molecular weight excluding hydrogens is 204 g/mol. The van der Waals surface area contributed by atoms with Crippen molar-refractivity contribution in [1.29, 1.82) is 0 Å². The standard InChI is InChI=1S/C4H8O.C3H7.BrH.Mg/c1-2-4-5-3-1;1-3-2;;/h1-4H2;1,3H2,2H3;1H;/q;;;+1/p-1. The van der Waals surface area contributed by atoms with Gasteiger partial charge < -0.3 is 21.7 Å². The normalized spacial score (nSPS) is 15.1. The van der Waals surface area contributed by atoms with Gasteiger partial charge in [0.15, 0.2) is 0 Å². The van der Waals surface area contributed by atoms with Gasteiger partial charge in [-0.25, -0.2) is 0 Å². The summed E-state index contributed by atoms with van der Waals surface area (Å²) in [7, 11) is 0. The summed E-state index contributed by atoms with van der Waals surface area (Å²) in [5, 5.41) is 0. The van der Waals surface area contributed by atoms with Gasteiger partial charge in [-0.05, 0) is 12.8 Å². The largest absolute Gasteiger partial charge is 1.00 e. The van der Waals surface area contributed by atoms with Crippen LogP contribution in [-0.4, -0.2) is 34.9 Å². The van der Waals surface area contributed by atoms with Crippen LogP contribution < -0.4 is 17.0 Å². The number of halogens is 1. The molecule has 10 heavy (non-hydrogen) atoms. The van der Waals surface area contributed by atoms with Crippen molar-refractivity contribution in [3.05, 3.63) is 0 Å². The van der Waals surface area contributed by atoms with Crippen molar-refractivity contribution >= 4 is 21.7 Å². The molecule has 0 atom stereocenters. The topological polar surface area (TPSA) is 9.23 Å². The summed E-state index contributed by atoms with van der Waals surface area (Å²) in [4.78, 5) is 0. The molecular formula is C7H15BrMgO. The van der Waals surface area contributed by atoms with Gasteiger partial charge in [0, 0.05) is 13.2 Å². The maximum atomic E-state index is 4.94. The molecule has 0 amide bonds. The number of hydrogen-bond donors (Lipinski definition) is 0. The van der Waals surface area contributed by atoms with Crippen LogP contribution in [0.4, 0.5) is 0 Å². The van der Waals surface area contributed by atoms with Crippen molar-refractivity contribution in [2.75, 3.05) is 13.2 Å². The number of rotatable bonds is 1. The van der Waals surface area contributed by atoms with Crippen molar-refractivity contribution in [3.63, 3.8) is 0 Å². The summed E-state index contributed by atoms with van der Waals surface area (Å²) < 4.78 is 6.29. The van der Waals surface area contributed by atoms with E-state index in [4.69, 9.17) is 4.74 Å².